The third-order valence-electron chi connectivity index (χ3n) is 5.19. The summed E-state index contributed by atoms with van der Waals surface area (Å²) in [5.41, 5.74) is 1.17. The Labute approximate surface area is 165 Å². The van der Waals surface area contributed by atoms with E-state index in [2.05, 4.69) is 0 Å². The number of nitrogens with zero attached hydrogens (tertiary/aromatic N) is 1. The highest BCUT2D eigenvalue weighted by atomic mass is 19.4. The molecule has 3 aromatic carbocycles. The number of carbonyl (C=O) groups is 1. The van der Waals surface area contributed by atoms with Crippen LogP contribution in [0.5, 0.6) is 0 Å². The van der Waals surface area contributed by atoms with E-state index in [1.807, 2.05) is 24.3 Å². The van der Waals surface area contributed by atoms with Crippen molar-refractivity contribution < 1.29 is 22.4 Å². The molecule has 3 aromatic rings. The van der Waals surface area contributed by atoms with Crippen molar-refractivity contribution in [3.8, 4) is 0 Å². The Balaban J connectivity index is 1.82. The summed E-state index contributed by atoms with van der Waals surface area (Å²) in [5, 5.41) is 0. The molecule has 0 saturated carbocycles. The summed E-state index contributed by atoms with van der Waals surface area (Å²) in [4.78, 5) is 14.7. The molecule has 0 aromatic heterocycles. The third kappa shape index (κ3) is 3.62. The lowest BCUT2D eigenvalue weighted by molar-refractivity contribution is -0.138. The molecule has 0 bridgehead atoms. The fourth-order valence-electron chi connectivity index (χ4n) is 3.86. The molecule has 29 heavy (non-hydrogen) atoms. The van der Waals surface area contributed by atoms with E-state index in [1.165, 1.54) is 35.2 Å². The van der Waals surface area contributed by atoms with Gasteiger partial charge in [-0.25, -0.2) is 4.39 Å². The molecule has 148 valence electrons. The second kappa shape index (κ2) is 7.35. The number of hydrogen-bond acceptors (Lipinski definition) is 1. The minimum Gasteiger partial charge on any atom is -0.327 e. The molecule has 1 heterocycles. The van der Waals surface area contributed by atoms with Gasteiger partial charge in [0.25, 0.3) is 5.91 Å². The molecule has 2 nitrogen and oxygen atoms in total. The van der Waals surface area contributed by atoms with Crippen LogP contribution in [0.25, 0.3) is 0 Å². The Morgan fingerprint density at radius 2 is 1.55 bits per heavy atom. The minimum absolute atomic E-state index is 0.268. The van der Waals surface area contributed by atoms with Crippen molar-refractivity contribution in [1.82, 2.24) is 4.90 Å². The highest BCUT2D eigenvalue weighted by molar-refractivity contribution is 5.96. The summed E-state index contributed by atoms with van der Waals surface area (Å²) >= 11 is 0. The number of halogens is 4. The van der Waals surface area contributed by atoms with E-state index in [0.717, 1.165) is 17.2 Å². The lowest BCUT2D eigenvalue weighted by atomic mass is 9.87. The van der Waals surface area contributed by atoms with E-state index in [0.29, 0.717) is 12.0 Å². The Kier molecular flexibility index (Phi) is 4.86. The summed E-state index contributed by atoms with van der Waals surface area (Å²) in [7, 11) is 0. The number of carbonyl (C=O) groups excluding carboxylic acids is 1. The van der Waals surface area contributed by atoms with E-state index >= 15 is 0 Å². The first-order valence-corrected chi connectivity index (χ1v) is 9.17. The van der Waals surface area contributed by atoms with Crippen molar-refractivity contribution in [1.29, 1.82) is 0 Å². The second-order valence-corrected chi connectivity index (χ2v) is 6.94. The summed E-state index contributed by atoms with van der Waals surface area (Å²) in [5.74, 6) is -1.11. The predicted octanol–water partition coefficient (Wildman–Crippen LogP) is 5.63. The molecule has 0 N–H and O–H groups in total. The molecule has 1 aliphatic heterocycles. The van der Waals surface area contributed by atoms with Gasteiger partial charge in [0.15, 0.2) is 0 Å². The maximum Gasteiger partial charge on any atom is 0.417 e. The summed E-state index contributed by atoms with van der Waals surface area (Å²) < 4.78 is 53.9. The summed E-state index contributed by atoms with van der Waals surface area (Å²) in [6.45, 7) is 0.268. The van der Waals surface area contributed by atoms with Crippen molar-refractivity contribution in [2.75, 3.05) is 6.54 Å². The van der Waals surface area contributed by atoms with Crippen LogP contribution in [0.3, 0.4) is 0 Å². The number of benzene rings is 3. The molecule has 0 aliphatic carbocycles. The van der Waals surface area contributed by atoms with Gasteiger partial charge in [-0.3, -0.25) is 4.79 Å². The van der Waals surface area contributed by atoms with Crippen LogP contribution in [-0.4, -0.2) is 17.4 Å². The van der Waals surface area contributed by atoms with Crippen LogP contribution >= 0.6 is 0 Å². The van der Waals surface area contributed by atoms with E-state index in [1.54, 1.807) is 12.1 Å². The number of rotatable bonds is 2. The zero-order valence-corrected chi connectivity index (χ0v) is 15.3. The van der Waals surface area contributed by atoms with Crippen molar-refractivity contribution in [3.05, 3.63) is 106 Å². The SMILES string of the molecule is O=C(c1ccccc1C(F)(F)F)N1CCc2ccccc2[C@H]1c1ccc(F)cc1. The molecule has 0 fully saturated rings. The molecule has 1 aliphatic rings. The fourth-order valence-corrected chi connectivity index (χ4v) is 3.86. The zero-order chi connectivity index (χ0) is 20.6. The van der Waals surface area contributed by atoms with Crippen LogP contribution in [-0.2, 0) is 12.6 Å². The highest BCUT2D eigenvalue weighted by Crippen LogP contribution is 2.38. The first-order valence-electron chi connectivity index (χ1n) is 9.17. The Hall–Kier alpha value is -3.15. The number of amides is 1. The number of fused-ring (bicyclic) bond motifs is 1. The molecule has 1 amide bonds. The van der Waals surface area contributed by atoms with Crippen LogP contribution in [0.15, 0.2) is 72.8 Å². The van der Waals surface area contributed by atoms with Crippen LogP contribution < -0.4 is 0 Å². The zero-order valence-electron chi connectivity index (χ0n) is 15.3. The number of alkyl halides is 3. The molecular weight excluding hydrogens is 382 g/mol. The van der Waals surface area contributed by atoms with Crippen LogP contribution in [0, 0.1) is 5.82 Å². The Bertz CT molecular complexity index is 1040. The lowest BCUT2D eigenvalue weighted by Crippen LogP contribution is -2.41. The van der Waals surface area contributed by atoms with Gasteiger partial charge in [-0.1, -0.05) is 48.5 Å². The molecule has 0 unspecified atom stereocenters. The van der Waals surface area contributed by atoms with Gasteiger partial charge in [0.2, 0.25) is 0 Å². The molecule has 4 rings (SSSR count). The first-order chi connectivity index (χ1) is 13.9. The average molecular weight is 399 g/mol. The van der Waals surface area contributed by atoms with Crippen molar-refractivity contribution in [2.24, 2.45) is 0 Å². The fraction of sp³-hybridized carbons (Fsp3) is 0.174. The lowest BCUT2D eigenvalue weighted by Gasteiger charge is -2.38. The average Bonchev–Trinajstić information content (AvgIpc) is 2.72. The maximum absolute atomic E-state index is 13.5. The van der Waals surface area contributed by atoms with E-state index in [4.69, 9.17) is 0 Å². The van der Waals surface area contributed by atoms with Gasteiger partial charge >= 0.3 is 6.18 Å². The van der Waals surface area contributed by atoms with Crippen LogP contribution in [0.4, 0.5) is 17.6 Å². The van der Waals surface area contributed by atoms with Gasteiger partial charge in [-0.2, -0.15) is 13.2 Å². The minimum atomic E-state index is -4.63. The van der Waals surface area contributed by atoms with Crippen LogP contribution in [0.2, 0.25) is 0 Å². The standard InChI is InChI=1S/C23H17F4NO/c24-17-11-9-16(10-12-17)21-18-6-2-1-5-15(18)13-14-28(21)22(29)19-7-3-4-8-20(19)23(25,26)27/h1-12,21H,13-14H2/t21-/m1/s1. The molecule has 6 heteroatoms. The van der Waals surface area contributed by atoms with Gasteiger partial charge in [-0.15, -0.1) is 0 Å². The molecular formula is C23H17F4NO. The largest absolute Gasteiger partial charge is 0.417 e. The van der Waals surface area contributed by atoms with Crippen molar-refractivity contribution in [2.45, 2.75) is 18.6 Å². The van der Waals surface area contributed by atoms with Crippen molar-refractivity contribution in [3.63, 3.8) is 0 Å². The van der Waals surface area contributed by atoms with Gasteiger partial charge in [-0.05, 0) is 47.4 Å². The maximum atomic E-state index is 13.5. The molecule has 0 spiro atoms. The smallest absolute Gasteiger partial charge is 0.327 e. The topological polar surface area (TPSA) is 20.3 Å². The highest BCUT2D eigenvalue weighted by Gasteiger charge is 2.38. The van der Waals surface area contributed by atoms with Crippen LogP contribution in [0.1, 0.15) is 38.7 Å². The Morgan fingerprint density at radius 3 is 2.28 bits per heavy atom. The third-order valence-corrected chi connectivity index (χ3v) is 5.19. The van der Waals surface area contributed by atoms with E-state index in [9.17, 15) is 22.4 Å². The summed E-state index contributed by atoms with van der Waals surface area (Å²) in [6, 6.07) is 17.4. The molecule has 0 saturated heterocycles. The quantitative estimate of drug-likeness (QED) is 0.511. The second-order valence-electron chi connectivity index (χ2n) is 6.94. The van der Waals surface area contributed by atoms with Gasteiger partial charge < -0.3 is 4.90 Å². The van der Waals surface area contributed by atoms with Gasteiger partial charge in [0, 0.05) is 6.54 Å². The van der Waals surface area contributed by atoms with Gasteiger partial charge in [0.05, 0.1) is 17.2 Å². The summed E-state index contributed by atoms with van der Waals surface area (Å²) in [6.07, 6.45) is -4.10. The Morgan fingerprint density at radius 1 is 0.897 bits per heavy atom. The van der Waals surface area contributed by atoms with Gasteiger partial charge in [0.1, 0.15) is 5.82 Å². The van der Waals surface area contributed by atoms with E-state index < -0.39 is 29.5 Å². The monoisotopic (exact) mass is 399 g/mol. The molecule has 0 radical (unpaired) electrons. The molecule has 1 atom stereocenters. The first kappa shape index (κ1) is 19.2. The van der Waals surface area contributed by atoms with E-state index in [-0.39, 0.29) is 12.1 Å². The van der Waals surface area contributed by atoms with Crippen molar-refractivity contribution >= 4 is 5.91 Å². The predicted molar refractivity (Wildman–Crippen MR) is 101 cm³/mol. The normalized spacial score (nSPS) is 16.4. The number of hydrogen-bond donors (Lipinski definition) is 0.